The van der Waals surface area contributed by atoms with Crippen LogP contribution in [0.4, 0.5) is 11.6 Å². The number of nitrogens with zero attached hydrogens (tertiary/aromatic N) is 4. The molecule has 0 aliphatic carbocycles. The standard InChI is InChI=1S/C23H24N6O3S2/c1-13-10-11-25-23(26-13)29-34(31,32)19-8-6-18(7-9-19)28-21(30)17(5)33-22-20(12-24)15(3)14(2)16(4)27-22/h6-11,17H,1-5H3,(H,28,30)(H,25,26,29). The summed E-state index contributed by atoms with van der Waals surface area (Å²) in [6.07, 6.45) is 1.46. The molecule has 0 saturated carbocycles. The molecule has 0 radical (unpaired) electrons. The maximum absolute atomic E-state index is 12.7. The van der Waals surface area contributed by atoms with Crippen LogP contribution in [-0.4, -0.2) is 34.5 Å². The molecule has 0 aliphatic rings. The Labute approximate surface area is 203 Å². The van der Waals surface area contributed by atoms with E-state index in [1.165, 1.54) is 42.2 Å². The van der Waals surface area contributed by atoms with Gasteiger partial charge < -0.3 is 5.32 Å². The van der Waals surface area contributed by atoms with Crippen LogP contribution in [0.25, 0.3) is 0 Å². The van der Waals surface area contributed by atoms with Crippen molar-refractivity contribution in [2.75, 3.05) is 10.0 Å². The second kappa shape index (κ2) is 10.2. The quantitative estimate of drug-likeness (QED) is 0.470. The van der Waals surface area contributed by atoms with Crippen molar-refractivity contribution < 1.29 is 13.2 Å². The van der Waals surface area contributed by atoms with Crippen LogP contribution >= 0.6 is 11.8 Å². The van der Waals surface area contributed by atoms with E-state index in [0.29, 0.717) is 22.0 Å². The van der Waals surface area contributed by atoms with Crippen molar-refractivity contribution in [1.82, 2.24) is 15.0 Å². The first-order valence-corrected chi connectivity index (χ1v) is 12.7. The third-order valence-electron chi connectivity index (χ3n) is 5.19. The highest BCUT2D eigenvalue weighted by Crippen LogP contribution is 2.30. The van der Waals surface area contributed by atoms with Gasteiger partial charge in [0.2, 0.25) is 11.9 Å². The van der Waals surface area contributed by atoms with Gasteiger partial charge in [0.05, 0.1) is 15.7 Å². The Morgan fingerprint density at radius 2 is 1.74 bits per heavy atom. The molecule has 0 spiro atoms. The molecule has 3 aromatic rings. The van der Waals surface area contributed by atoms with Gasteiger partial charge in [-0.05, 0) is 76.1 Å². The summed E-state index contributed by atoms with van der Waals surface area (Å²) in [5, 5.41) is 12.3. The first-order valence-electron chi connectivity index (χ1n) is 10.3. The van der Waals surface area contributed by atoms with E-state index in [4.69, 9.17) is 0 Å². The summed E-state index contributed by atoms with van der Waals surface area (Å²) in [7, 11) is -3.88. The number of amides is 1. The normalized spacial score (nSPS) is 12.0. The Hall–Kier alpha value is -3.49. The number of thioether (sulfide) groups is 1. The summed E-state index contributed by atoms with van der Waals surface area (Å²) >= 11 is 1.20. The molecule has 9 nitrogen and oxygen atoms in total. The summed E-state index contributed by atoms with van der Waals surface area (Å²) in [6, 6.07) is 9.60. The van der Waals surface area contributed by atoms with Crippen molar-refractivity contribution in [1.29, 1.82) is 5.26 Å². The number of aromatic nitrogens is 3. The predicted octanol–water partition coefficient (Wildman–Crippen LogP) is 3.90. The molecule has 0 bridgehead atoms. The molecule has 1 unspecified atom stereocenters. The lowest BCUT2D eigenvalue weighted by atomic mass is 10.1. The third kappa shape index (κ3) is 5.70. The SMILES string of the molecule is Cc1ccnc(NS(=O)(=O)c2ccc(NC(=O)C(C)Sc3nc(C)c(C)c(C)c3C#N)cc2)n1. The lowest BCUT2D eigenvalue weighted by Gasteiger charge is -2.15. The smallest absolute Gasteiger partial charge is 0.264 e. The van der Waals surface area contributed by atoms with Crippen molar-refractivity contribution >= 4 is 39.3 Å². The molecule has 1 atom stereocenters. The summed E-state index contributed by atoms with van der Waals surface area (Å²) in [6.45, 7) is 9.10. The lowest BCUT2D eigenvalue weighted by Crippen LogP contribution is -2.23. The molecule has 1 aromatic carbocycles. The van der Waals surface area contributed by atoms with Crippen LogP contribution < -0.4 is 10.0 Å². The summed E-state index contributed by atoms with van der Waals surface area (Å²) in [5.41, 5.74) is 4.15. The number of nitriles is 1. The van der Waals surface area contributed by atoms with E-state index >= 15 is 0 Å². The Bertz CT molecular complexity index is 1380. The van der Waals surface area contributed by atoms with Crippen molar-refractivity contribution in [3.63, 3.8) is 0 Å². The maximum Gasteiger partial charge on any atom is 0.264 e. The molecule has 11 heteroatoms. The van der Waals surface area contributed by atoms with E-state index in [9.17, 15) is 18.5 Å². The molecule has 2 aromatic heterocycles. The number of carbonyl (C=O) groups excluding carboxylic acids is 1. The first kappa shape index (κ1) is 25.1. The van der Waals surface area contributed by atoms with Crippen molar-refractivity contribution in [2.45, 2.75) is 49.8 Å². The van der Waals surface area contributed by atoms with E-state index in [-0.39, 0.29) is 16.8 Å². The zero-order valence-corrected chi connectivity index (χ0v) is 21.0. The van der Waals surface area contributed by atoms with Crippen LogP contribution in [-0.2, 0) is 14.8 Å². The number of benzene rings is 1. The van der Waals surface area contributed by atoms with E-state index in [1.807, 2.05) is 20.8 Å². The van der Waals surface area contributed by atoms with E-state index in [1.54, 1.807) is 19.9 Å². The van der Waals surface area contributed by atoms with Gasteiger partial charge in [0.15, 0.2) is 0 Å². The second-order valence-corrected chi connectivity index (χ2v) is 10.7. The topological polar surface area (TPSA) is 138 Å². The third-order valence-corrected chi connectivity index (χ3v) is 7.62. The number of hydrogen-bond donors (Lipinski definition) is 2. The van der Waals surface area contributed by atoms with Crippen molar-refractivity contribution in [3.8, 4) is 6.07 Å². The largest absolute Gasteiger partial charge is 0.325 e. The predicted molar refractivity (Wildman–Crippen MR) is 131 cm³/mol. The lowest BCUT2D eigenvalue weighted by molar-refractivity contribution is -0.115. The first-order chi connectivity index (χ1) is 16.0. The Morgan fingerprint density at radius 1 is 1.06 bits per heavy atom. The molecule has 176 valence electrons. The van der Waals surface area contributed by atoms with E-state index in [2.05, 4.69) is 31.1 Å². The van der Waals surface area contributed by atoms with Crippen LogP contribution in [0.2, 0.25) is 0 Å². The van der Waals surface area contributed by atoms with Gasteiger partial charge in [0.1, 0.15) is 11.1 Å². The van der Waals surface area contributed by atoms with Gasteiger partial charge in [-0.2, -0.15) is 5.26 Å². The highest BCUT2D eigenvalue weighted by Gasteiger charge is 2.21. The number of nitrogens with one attached hydrogen (secondary N) is 2. The number of aryl methyl sites for hydroxylation is 2. The van der Waals surface area contributed by atoms with Gasteiger partial charge in [0, 0.05) is 23.3 Å². The highest BCUT2D eigenvalue weighted by molar-refractivity contribution is 8.00. The monoisotopic (exact) mass is 496 g/mol. The molecule has 0 fully saturated rings. The summed E-state index contributed by atoms with van der Waals surface area (Å²) in [4.78, 5) is 25.2. The van der Waals surface area contributed by atoms with Gasteiger partial charge in [-0.3, -0.25) is 4.79 Å². The van der Waals surface area contributed by atoms with Crippen LogP contribution in [0.3, 0.4) is 0 Å². The number of anilines is 2. The Balaban J connectivity index is 1.70. The fraction of sp³-hybridized carbons (Fsp3) is 0.261. The van der Waals surface area contributed by atoms with E-state index < -0.39 is 15.3 Å². The zero-order valence-electron chi connectivity index (χ0n) is 19.4. The number of hydrogen-bond acceptors (Lipinski definition) is 8. The molecule has 2 N–H and O–H groups in total. The molecular formula is C23H24N6O3S2. The minimum Gasteiger partial charge on any atom is -0.325 e. The minimum atomic E-state index is -3.88. The van der Waals surface area contributed by atoms with Crippen LogP contribution in [0, 0.1) is 39.0 Å². The molecule has 1 amide bonds. The summed E-state index contributed by atoms with van der Waals surface area (Å²) in [5.74, 6) is -0.316. The minimum absolute atomic E-state index is 0.00602. The molecule has 3 rings (SSSR count). The van der Waals surface area contributed by atoms with Crippen LogP contribution in [0.15, 0.2) is 46.5 Å². The number of sulfonamides is 1. The molecule has 34 heavy (non-hydrogen) atoms. The zero-order chi connectivity index (χ0) is 25.0. The molecule has 0 saturated heterocycles. The fourth-order valence-electron chi connectivity index (χ4n) is 2.99. The fourth-order valence-corrected chi connectivity index (χ4v) is 4.95. The molecule has 0 aliphatic heterocycles. The number of rotatable bonds is 7. The van der Waals surface area contributed by atoms with Gasteiger partial charge in [-0.1, -0.05) is 11.8 Å². The van der Waals surface area contributed by atoms with Crippen LogP contribution in [0.1, 0.15) is 35.0 Å². The van der Waals surface area contributed by atoms with E-state index in [0.717, 1.165) is 16.8 Å². The highest BCUT2D eigenvalue weighted by atomic mass is 32.2. The van der Waals surface area contributed by atoms with Gasteiger partial charge in [-0.15, -0.1) is 0 Å². The second-order valence-electron chi connectivity index (χ2n) is 7.64. The summed E-state index contributed by atoms with van der Waals surface area (Å²) < 4.78 is 27.5. The average Bonchev–Trinajstić information content (AvgIpc) is 2.78. The van der Waals surface area contributed by atoms with Gasteiger partial charge in [0.25, 0.3) is 10.0 Å². The van der Waals surface area contributed by atoms with Crippen molar-refractivity contribution in [2.24, 2.45) is 0 Å². The van der Waals surface area contributed by atoms with Crippen LogP contribution in [0.5, 0.6) is 0 Å². The average molecular weight is 497 g/mol. The maximum atomic E-state index is 12.7. The Morgan fingerprint density at radius 3 is 2.35 bits per heavy atom. The molecule has 2 heterocycles. The number of pyridine rings is 1. The Kier molecular flexibility index (Phi) is 7.54. The van der Waals surface area contributed by atoms with Gasteiger partial charge >= 0.3 is 0 Å². The van der Waals surface area contributed by atoms with Gasteiger partial charge in [-0.25, -0.2) is 28.1 Å². The molecular weight excluding hydrogens is 472 g/mol. The van der Waals surface area contributed by atoms with Crippen molar-refractivity contribution in [3.05, 3.63) is 64.6 Å². The number of carbonyl (C=O) groups is 1.